The van der Waals surface area contributed by atoms with Gasteiger partial charge in [-0.15, -0.1) is 0 Å². The van der Waals surface area contributed by atoms with Crippen molar-refractivity contribution >= 4 is 21.4 Å². The Labute approximate surface area is 147 Å². The molecule has 1 aromatic carbocycles. The van der Waals surface area contributed by atoms with Crippen LogP contribution in [0.2, 0.25) is 5.02 Å². The van der Waals surface area contributed by atoms with E-state index < -0.39 is 9.84 Å². The molecule has 0 atom stereocenters. The standard InChI is InChI=1S/C17H19ClN2O3S/c1-10(2)16-11(3)17(20-9-19-16)23-15-7-6-13(8-14(15)18)24(21,22)12-4-5-12/h6-10,12H,4-5H2,1-3H3. The Bertz CT molecular complexity index is 877. The number of benzene rings is 1. The molecule has 5 nitrogen and oxygen atoms in total. The Balaban J connectivity index is 1.90. The highest BCUT2D eigenvalue weighted by atomic mass is 35.5. The van der Waals surface area contributed by atoms with Crippen LogP contribution in [0.4, 0.5) is 0 Å². The summed E-state index contributed by atoms with van der Waals surface area (Å²) in [5, 5.41) is -0.0149. The minimum Gasteiger partial charge on any atom is -0.437 e. The molecule has 0 saturated heterocycles. The molecule has 0 N–H and O–H groups in total. The molecule has 0 bridgehead atoms. The molecule has 1 fully saturated rings. The fourth-order valence-corrected chi connectivity index (χ4v) is 4.51. The Morgan fingerprint density at radius 2 is 1.96 bits per heavy atom. The Morgan fingerprint density at radius 1 is 1.25 bits per heavy atom. The van der Waals surface area contributed by atoms with Crippen LogP contribution in [0, 0.1) is 6.92 Å². The molecule has 24 heavy (non-hydrogen) atoms. The van der Waals surface area contributed by atoms with Crippen LogP contribution < -0.4 is 4.74 Å². The normalized spacial score (nSPS) is 14.9. The number of aromatic nitrogens is 2. The maximum absolute atomic E-state index is 12.3. The quantitative estimate of drug-likeness (QED) is 0.789. The predicted octanol–water partition coefficient (Wildman–Crippen LogP) is 4.29. The number of nitrogens with zero attached hydrogens (tertiary/aromatic N) is 2. The van der Waals surface area contributed by atoms with Crippen LogP contribution in [0.25, 0.3) is 0 Å². The first-order valence-corrected chi connectivity index (χ1v) is 9.76. The van der Waals surface area contributed by atoms with Gasteiger partial charge in [-0.25, -0.2) is 18.4 Å². The van der Waals surface area contributed by atoms with Gasteiger partial charge in [0.25, 0.3) is 0 Å². The van der Waals surface area contributed by atoms with E-state index in [-0.39, 0.29) is 21.1 Å². The lowest BCUT2D eigenvalue weighted by atomic mass is 10.1. The smallest absolute Gasteiger partial charge is 0.225 e. The van der Waals surface area contributed by atoms with Gasteiger partial charge in [-0.1, -0.05) is 25.4 Å². The van der Waals surface area contributed by atoms with Crippen molar-refractivity contribution in [3.8, 4) is 11.6 Å². The maximum atomic E-state index is 12.3. The molecular weight excluding hydrogens is 348 g/mol. The molecule has 0 unspecified atom stereocenters. The molecule has 0 amide bonds. The predicted molar refractivity (Wildman–Crippen MR) is 92.6 cm³/mol. The van der Waals surface area contributed by atoms with Crippen molar-refractivity contribution in [2.45, 2.75) is 49.7 Å². The number of hydrogen-bond donors (Lipinski definition) is 0. The van der Waals surface area contributed by atoms with Gasteiger partial charge in [-0.3, -0.25) is 0 Å². The topological polar surface area (TPSA) is 69.2 Å². The minimum atomic E-state index is -3.27. The fraction of sp³-hybridized carbons (Fsp3) is 0.412. The number of hydrogen-bond acceptors (Lipinski definition) is 5. The summed E-state index contributed by atoms with van der Waals surface area (Å²) in [5.74, 6) is 1.05. The molecule has 1 aromatic heterocycles. The van der Waals surface area contributed by atoms with Gasteiger partial charge in [0.2, 0.25) is 5.88 Å². The Kier molecular flexibility index (Phi) is 4.53. The highest BCUT2D eigenvalue weighted by molar-refractivity contribution is 7.92. The van der Waals surface area contributed by atoms with E-state index in [9.17, 15) is 8.42 Å². The average molecular weight is 367 g/mol. The fourth-order valence-electron chi connectivity index (χ4n) is 2.55. The van der Waals surface area contributed by atoms with Crippen molar-refractivity contribution in [2.75, 3.05) is 0 Å². The number of ether oxygens (including phenoxy) is 1. The molecule has 128 valence electrons. The second-order valence-electron chi connectivity index (χ2n) is 6.28. The maximum Gasteiger partial charge on any atom is 0.225 e. The number of sulfone groups is 1. The first kappa shape index (κ1) is 17.2. The zero-order valence-corrected chi connectivity index (χ0v) is 15.4. The minimum absolute atomic E-state index is 0.240. The highest BCUT2D eigenvalue weighted by Gasteiger charge is 2.37. The van der Waals surface area contributed by atoms with E-state index in [1.165, 1.54) is 18.5 Å². The third-order valence-electron chi connectivity index (χ3n) is 4.03. The van der Waals surface area contributed by atoms with Crippen LogP contribution in [0.15, 0.2) is 29.4 Å². The largest absolute Gasteiger partial charge is 0.437 e. The van der Waals surface area contributed by atoms with Crippen LogP contribution in [-0.2, 0) is 9.84 Å². The van der Waals surface area contributed by atoms with Crippen molar-refractivity contribution < 1.29 is 13.2 Å². The molecular formula is C17H19ClN2O3S. The van der Waals surface area contributed by atoms with E-state index in [4.69, 9.17) is 16.3 Å². The summed E-state index contributed by atoms with van der Waals surface area (Å²) in [5.41, 5.74) is 1.75. The van der Waals surface area contributed by atoms with Crippen LogP contribution in [0.5, 0.6) is 11.6 Å². The second-order valence-corrected chi connectivity index (χ2v) is 8.92. The molecule has 1 aliphatic carbocycles. The summed E-state index contributed by atoms with van der Waals surface area (Å²) in [4.78, 5) is 8.67. The zero-order chi connectivity index (χ0) is 17.5. The van der Waals surface area contributed by atoms with E-state index in [1.807, 2.05) is 20.8 Å². The van der Waals surface area contributed by atoms with Gasteiger partial charge in [0.05, 0.1) is 20.9 Å². The second kappa shape index (κ2) is 6.33. The first-order chi connectivity index (χ1) is 11.3. The summed E-state index contributed by atoms with van der Waals surface area (Å²) in [6.45, 7) is 5.98. The van der Waals surface area contributed by atoms with E-state index in [1.54, 1.807) is 6.07 Å². The summed E-state index contributed by atoms with van der Waals surface area (Å²) in [7, 11) is -3.27. The van der Waals surface area contributed by atoms with E-state index >= 15 is 0 Å². The number of halogens is 1. The Hall–Kier alpha value is -1.66. The lowest BCUT2D eigenvalue weighted by Crippen LogP contribution is -2.07. The molecule has 0 aliphatic heterocycles. The molecule has 0 spiro atoms. The SMILES string of the molecule is Cc1c(Oc2ccc(S(=O)(=O)C3CC3)cc2Cl)ncnc1C(C)C. The van der Waals surface area contributed by atoms with Gasteiger partial charge >= 0.3 is 0 Å². The monoisotopic (exact) mass is 366 g/mol. The van der Waals surface area contributed by atoms with Crippen LogP contribution in [-0.4, -0.2) is 23.6 Å². The van der Waals surface area contributed by atoms with Crippen LogP contribution in [0.1, 0.15) is 43.9 Å². The molecule has 1 aliphatic rings. The van der Waals surface area contributed by atoms with Gasteiger partial charge in [0, 0.05) is 5.56 Å². The molecule has 3 rings (SSSR count). The summed E-state index contributed by atoms with van der Waals surface area (Å²) in [6.07, 6.45) is 2.89. The van der Waals surface area contributed by atoms with Gasteiger partial charge in [-0.05, 0) is 43.9 Å². The lowest BCUT2D eigenvalue weighted by Gasteiger charge is -2.13. The average Bonchev–Trinajstić information content (AvgIpc) is 3.36. The van der Waals surface area contributed by atoms with Crippen molar-refractivity contribution in [3.05, 3.63) is 40.8 Å². The molecule has 1 saturated carbocycles. The molecule has 0 radical (unpaired) electrons. The van der Waals surface area contributed by atoms with Crippen molar-refractivity contribution in [1.29, 1.82) is 0 Å². The third kappa shape index (κ3) is 3.26. The van der Waals surface area contributed by atoms with E-state index in [2.05, 4.69) is 9.97 Å². The van der Waals surface area contributed by atoms with E-state index in [0.717, 1.165) is 24.1 Å². The van der Waals surface area contributed by atoms with E-state index in [0.29, 0.717) is 11.6 Å². The van der Waals surface area contributed by atoms with Crippen molar-refractivity contribution in [2.24, 2.45) is 0 Å². The first-order valence-electron chi connectivity index (χ1n) is 7.83. The van der Waals surface area contributed by atoms with Crippen molar-refractivity contribution in [1.82, 2.24) is 9.97 Å². The summed E-state index contributed by atoms with van der Waals surface area (Å²) >= 11 is 6.23. The van der Waals surface area contributed by atoms with Crippen molar-refractivity contribution in [3.63, 3.8) is 0 Å². The Morgan fingerprint density at radius 3 is 2.54 bits per heavy atom. The molecule has 1 heterocycles. The van der Waals surface area contributed by atoms with Crippen LogP contribution in [0.3, 0.4) is 0 Å². The van der Waals surface area contributed by atoms with Gasteiger partial charge in [-0.2, -0.15) is 0 Å². The lowest BCUT2D eigenvalue weighted by molar-refractivity contribution is 0.454. The van der Waals surface area contributed by atoms with Gasteiger partial charge in [0.15, 0.2) is 9.84 Å². The summed E-state index contributed by atoms with van der Waals surface area (Å²) < 4.78 is 30.3. The van der Waals surface area contributed by atoms with Gasteiger partial charge in [0.1, 0.15) is 12.1 Å². The third-order valence-corrected chi connectivity index (χ3v) is 6.58. The zero-order valence-electron chi connectivity index (χ0n) is 13.8. The molecule has 2 aromatic rings. The number of rotatable bonds is 5. The molecule has 7 heteroatoms. The van der Waals surface area contributed by atoms with Gasteiger partial charge < -0.3 is 4.74 Å². The van der Waals surface area contributed by atoms with Crippen LogP contribution >= 0.6 is 11.6 Å². The summed E-state index contributed by atoms with van der Waals surface area (Å²) in [6, 6.07) is 4.56. The highest BCUT2D eigenvalue weighted by Crippen LogP contribution is 2.37.